The molecule has 29 heavy (non-hydrogen) atoms. The molecule has 0 saturated carbocycles. The maximum Gasteiger partial charge on any atom is 0.308 e. The number of thioether (sulfide) groups is 1. The van der Waals surface area contributed by atoms with Crippen LogP contribution in [0, 0.1) is 0 Å². The number of nitrogens with one attached hydrogen (secondary N) is 2. The molecule has 1 aliphatic rings. The van der Waals surface area contributed by atoms with E-state index in [1.165, 1.54) is 43.0 Å². The predicted molar refractivity (Wildman–Crippen MR) is 108 cm³/mol. The minimum atomic E-state index is -1.05. The molecule has 150 valence electrons. The second-order valence-corrected chi connectivity index (χ2v) is 7.60. The lowest BCUT2D eigenvalue weighted by Crippen LogP contribution is -2.34. The summed E-state index contributed by atoms with van der Waals surface area (Å²) in [5.41, 5.74) is 6.62. The van der Waals surface area contributed by atoms with Gasteiger partial charge in [0.05, 0.1) is 17.4 Å². The first-order chi connectivity index (χ1) is 13.8. The second kappa shape index (κ2) is 8.78. The van der Waals surface area contributed by atoms with Crippen molar-refractivity contribution in [1.29, 1.82) is 0 Å². The summed E-state index contributed by atoms with van der Waals surface area (Å²) in [5, 5.41) is 4.71. The summed E-state index contributed by atoms with van der Waals surface area (Å²) < 4.78 is 5.17. The maximum atomic E-state index is 12.2. The number of carbonyl (C=O) groups excluding carboxylic acids is 4. The average Bonchev–Trinajstić information content (AvgIpc) is 2.68. The van der Waals surface area contributed by atoms with Crippen molar-refractivity contribution in [3.8, 4) is 0 Å². The number of rotatable bonds is 6. The SMILES string of the molecule is C[C@@H](OC(=O)C[C@H]1Sc2ccccc2NC1=O)C(=O)Nc1ccc(C(N)=O)cc1. The van der Waals surface area contributed by atoms with Crippen LogP contribution >= 0.6 is 11.8 Å². The van der Waals surface area contributed by atoms with Crippen LogP contribution in [0.1, 0.15) is 23.7 Å². The van der Waals surface area contributed by atoms with E-state index in [0.29, 0.717) is 16.9 Å². The van der Waals surface area contributed by atoms with E-state index in [1.54, 1.807) is 6.07 Å². The summed E-state index contributed by atoms with van der Waals surface area (Å²) in [4.78, 5) is 48.5. The fourth-order valence-corrected chi connectivity index (χ4v) is 3.73. The zero-order valence-corrected chi connectivity index (χ0v) is 16.3. The van der Waals surface area contributed by atoms with Gasteiger partial charge in [-0.25, -0.2) is 0 Å². The molecule has 3 amide bonds. The number of benzene rings is 2. The average molecular weight is 413 g/mol. The van der Waals surface area contributed by atoms with Crippen LogP contribution < -0.4 is 16.4 Å². The van der Waals surface area contributed by atoms with Crippen molar-refractivity contribution < 1.29 is 23.9 Å². The molecule has 1 heterocycles. The first kappa shape index (κ1) is 20.4. The van der Waals surface area contributed by atoms with Gasteiger partial charge in [0.1, 0.15) is 0 Å². The highest BCUT2D eigenvalue weighted by Crippen LogP contribution is 2.36. The number of esters is 1. The molecule has 1 aliphatic heterocycles. The van der Waals surface area contributed by atoms with E-state index in [1.807, 2.05) is 18.2 Å². The fourth-order valence-electron chi connectivity index (χ4n) is 2.64. The van der Waals surface area contributed by atoms with E-state index in [-0.39, 0.29) is 12.3 Å². The van der Waals surface area contributed by atoms with Crippen molar-refractivity contribution in [2.75, 3.05) is 10.6 Å². The number of carbonyl (C=O) groups is 4. The minimum absolute atomic E-state index is 0.157. The second-order valence-electron chi connectivity index (χ2n) is 6.36. The Morgan fingerprint density at radius 1 is 1.17 bits per heavy atom. The number of primary amides is 1. The summed E-state index contributed by atoms with van der Waals surface area (Å²) >= 11 is 1.28. The van der Waals surface area contributed by atoms with Crippen LogP contribution in [0.25, 0.3) is 0 Å². The molecule has 3 rings (SSSR count). The molecule has 2 atom stereocenters. The predicted octanol–water partition coefficient (Wildman–Crippen LogP) is 2.16. The molecule has 0 unspecified atom stereocenters. The van der Waals surface area contributed by atoms with Crippen LogP contribution in [0.5, 0.6) is 0 Å². The third-order valence-corrected chi connectivity index (χ3v) is 5.45. The zero-order chi connectivity index (χ0) is 21.0. The highest BCUT2D eigenvalue weighted by molar-refractivity contribution is 8.01. The lowest BCUT2D eigenvalue weighted by atomic mass is 10.2. The van der Waals surface area contributed by atoms with Gasteiger partial charge < -0.3 is 21.1 Å². The molecule has 8 nitrogen and oxygen atoms in total. The lowest BCUT2D eigenvalue weighted by Gasteiger charge is -2.23. The molecule has 0 radical (unpaired) electrons. The first-order valence-corrected chi connectivity index (χ1v) is 9.68. The van der Waals surface area contributed by atoms with E-state index in [0.717, 1.165) is 4.90 Å². The van der Waals surface area contributed by atoms with E-state index >= 15 is 0 Å². The number of ether oxygens (including phenoxy) is 1. The Labute approximate surface area is 171 Å². The highest BCUT2D eigenvalue weighted by Gasteiger charge is 2.30. The van der Waals surface area contributed by atoms with E-state index in [9.17, 15) is 19.2 Å². The molecular formula is C20H19N3O5S. The van der Waals surface area contributed by atoms with Gasteiger partial charge in [-0.2, -0.15) is 0 Å². The first-order valence-electron chi connectivity index (χ1n) is 8.80. The van der Waals surface area contributed by atoms with Crippen molar-refractivity contribution in [1.82, 2.24) is 0 Å². The summed E-state index contributed by atoms with van der Waals surface area (Å²) in [6, 6.07) is 13.3. The number of para-hydroxylation sites is 1. The Bertz CT molecular complexity index is 961. The Balaban J connectivity index is 1.52. The molecule has 0 aliphatic carbocycles. The van der Waals surface area contributed by atoms with Crippen LogP contribution in [-0.2, 0) is 19.1 Å². The standard InChI is InChI=1S/C20H19N3O5S/c1-11(19(26)22-13-8-6-12(7-9-13)18(21)25)28-17(24)10-16-20(27)23-14-4-2-3-5-15(14)29-16/h2-9,11,16H,10H2,1H3,(H2,21,25)(H,22,26)(H,23,27)/t11-,16-/m1/s1. The number of anilines is 2. The normalized spacial score (nSPS) is 16.2. The van der Waals surface area contributed by atoms with Crippen LogP contribution in [0.4, 0.5) is 11.4 Å². The monoisotopic (exact) mass is 413 g/mol. The fraction of sp³-hybridized carbons (Fsp3) is 0.200. The van der Waals surface area contributed by atoms with Gasteiger partial charge in [0, 0.05) is 16.1 Å². The lowest BCUT2D eigenvalue weighted by molar-refractivity contribution is -0.153. The molecule has 0 saturated heterocycles. The zero-order valence-electron chi connectivity index (χ0n) is 15.5. The number of hydrogen-bond donors (Lipinski definition) is 3. The van der Waals surface area contributed by atoms with Gasteiger partial charge in [-0.1, -0.05) is 12.1 Å². The smallest absolute Gasteiger partial charge is 0.308 e. The Morgan fingerprint density at radius 2 is 1.86 bits per heavy atom. The molecule has 0 aromatic heterocycles. The maximum absolute atomic E-state index is 12.2. The van der Waals surface area contributed by atoms with Crippen LogP contribution in [0.15, 0.2) is 53.4 Å². The molecule has 2 aromatic rings. The van der Waals surface area contributed by atoms with Crippen molar-refractivity contribution in [3.05, 3.63) is 54.1 Å². The van der Waals surface area contributed by atoms with Crippen LogP contribution in [0.2, 0.25) is 0 Å². The van der Waals surface area contributed by atoms with Gasteiger partial charge in [-0.05, 0) is 43.3 Å². The Hall–Kier alpha value is -3.33. The quantitative estimate of drug-likeness (QED) is 0.623. The third-order valence-electron chi connectivity index (χ3n) is 4.17. The summed E-state index contributed by atoms with van der Waals surface area (Å²) in [7, 11) is 0. The largest absolute Gasteiger partial charge is 0.452 e. The van der Waals surface area contributed by atoms with Crippen molar-refractivity contribution in [2.45, 2.75) is 29.6 Å². The molecule has 4 N–H and O–H groups in total. The van der Waals surface area contributed by atoms with Gasteiger partial charge in [0.2, 0.25) is 11.8 Å². The molecule has 0 bridgehead atoms. The molecule has 0 spiro atoms. The third kappa shape index (κ3) is 5.14. The van der Waals surface area contributed by atoms with E-state index in [2.05, 4.69) is 10.6 Å². The van der Waals surface area contributed by atoms with Gasteiger partial charge in [0.15, 0.2) is 6.10 Å². The van der Waals surface area contributed by atoms with Gasteiger partial charge in [0.25, 0.3) is 5.91 Å². The molecular weight excluding hydrogens is 394 g/mol. The number of nitrogens with two attached hydrogens (primary N) is 1. The summed E-state index contributed by atoms with van der Waals surface area (Å²) in [6.07, 6.45) is -1.21. The van der Waals surface area contributed by atoms with E-state index in [4.69, 9.17) is 10.5 Å². The number of fused-ring (bicyclic) bond motifs is 1. The van der Waals surface area contributed by atoms with Crippen LogP contribution in [-0.4, -0.2) is 35.0 Å². The van der Waals surface area contributed by atoms with Crippen molar-refractivity contribution in [3.63, 3.8) is 0 Å². The van der Waals surface area contributed by atoms with Gasteiger partial charge in [-0.15, -0.1) is 11.8 Å². The Kier molecular flexibility index (Phi) is 6.18. The molecule has 9 heteroatoms. The van der Waals surface area contributed by atoms with Crippen molar-refractivity contribution in [2.24, 2.45) is 5.73 Å². The Morgan fingerprint density at radius 3 is 2.55 bits per heavy atom. The highest BCUT2D eigenvalue weighted by atomic mass is 32.2. The van der Waals surface area contributed by atoms with Gasteiger partial charge in [-0.3, -0.25) is 19.2 Å². The molecule has 0 fully saturated rings. The number of hydrogen-bond acceptors (Lipinski definition) is 6. The summed E-state index contributed by atoms with van der Waals surface area (Å²) in [6.45, 7) is 1.44. The van der Waals surface area contributed by atoms with Gasteiger partial charge >= 0.3 is 5.97 Å². The van der Waals surface area contributed by atoms with Crippen LogP contribution in [0.3, 0.4) is 0 Å². The summed E-state index contributed by atoms with van der Waals surface area (Å²) in [5.74, 6) is -2.03. The van der Waals surface area contributed by atoms with E-state index < -0.39 is 29.1 Å². The number of amides is 3. The topological polar surface area (TPSA) is 128 Å². The minimum Gasteiger partial charge on any atom is -0.452 e. The van der Waals surface area contributed by atoms with Crippen molar-refractivity contribution >= 4 is 46.8 Å². The molecule has 2 aromatic carbocycles.